The number of nitrogens with one attached hydrogen (secondary N) is 2. The molecule has 19 heavy (non-hydrogen) atoms. The standard InChI is InChI=1S/C11H18F3N5/c1-4-19(3)6-5-16-9-7-8(11(12,13)14)17-10(15-2)18-9/h7H,4-6H2,1-3H3,(H2,15,16,17,18). The summed E-state index contributed by atoms with van der Waals surface area (Å²) in [5, 5.41) is 5.38. The van der Waals surface area contributed by atoms with Crippen molar-refractivity contribution >= 4 is 11.8 Å². The van der Waals surface area contributed by atoms with Crippen LogP contribution >= 0.6 is 0 Å². The highest BCUT2D eigenvalue weighted by molar-refractivity contribution is 5.42. The van der Waals surface area contributed by atoms with Gasteiger partial charge in [0, 0.05) is 26.2 Å². The number of alkyl halides is 3. The smallest absolute Gasteiger partial charge is 0.369 e. The van der Waals surface area contributed by atoms with Gasteiger partial charge in [0.05, 0.1) is 0 Å². The zero-order valence-electron chi connectivity index (χ0n) is 11.2. The number of hydrogen-bond donors (Lipinski definition) is 2. The second-order valence-corrected chi connectivity index (χ2v) is 4.03. The lowest BCUT2D eigenvalue weighted by Crippen LogP contribution is -2.25. The Hall–Kier alpha value is -1.57. The molecular formula is C11H18F3N5. The SMILES string of the molecule is CCN(C)CCNc1cc(C(F)(F)F)nc(NC)n1. The van der Waals surface area contributed by atoms with Gasteiger partial charge in [0.2, 0.25) is 5.95 Å². The minimum atomic E-state index is -4.48. The number of aromatic nitrogens is 2. The molecule has 0 saturated carbocycles. The van der Waals surface area contributed by atoms with E-state index in [2.05, 4.69) is 20.6 Å². The first kappa shape index (κ1) is 15.5. The molecule has 0 spiro atoms. The van der Waals surface area contributed by atoms with Crippen LogP contribution in [0.25, 0.3) is 0 Å². The molecule has 5 nitrogen and oxygen atoms in total. The molecule has 0 unspecified atom stereocenters. The lowest BCUT2D eigenvalue weighted by molar-refractivity contribution is -0.141. The maximum Gasteiger partial charge on any atom is 0.433 e. The van der Waals surface area contributed by atoms with Crippen molar-refractivity contribution in [3.8, 4) is 0 Å². The Balaban J connectivity index is 2.77. The largest absolute Gasteiger partial charge is 0.433 e. The topological polar surface area (TPSA) is 53.1 Å². The van der Waals surface area contributed by atoms with E-state index >= 15 is 0 Å². The number of halogens is 3. The third-order valence-electron chi connectivity index (χ3n) is 2.58. The van der Waals surface area contributed by atoms with Crippen LogP contribution in [0.1, 0.15) is 12.6 Å². The van der Waals surface area contributed by atoms with Gasteiger partial charge in [-0.25, -0.2) is 4.98 Å². The van der Waals surface area contributed by atoms with Crippen molar-refractivity contribution in [3.63, 3.8) is 0 Å². The molecule has 108 valence electrons. The van der Waals surface area contributed by atoms with Crippen molar-refractivity contribution in [2.45, 2.75) is 13.1 Å². The summed E-state index contributed by atoms with van der Waals surface area (Å²) >= 11 is 0. The summed E-state index contributed by atoms with van der Waals surface area (Å²) < 4.78 is 37.9. The van der Waals surface area contributed by atoms with Crippen molar-refractivity contribution in [1.29, 1.82) is 0 Å². The van der Waals surface area contributed by atoms with Crippen LogP contribution in [0.5, 0.6) is 0 Å². The van der Waals surface area contributed by atoms with Gasteiger partial charge >= 0.3 is 6.18 Å². The Morgan fingerprint density at radius 2 is 2.00 bits per heavy atom. The minimum absolute atomic E-state index is 0.0545. The molecule has 0 saturated heterocycles. The average molecular weight is 277 g/mol. The van der Waals surface area contributed by atoms with Gasteiger partial charge in [-0.3, -0.25) is 0 Å². The van der Waals surface area contributed by atoms with Crippen LogP contribution in [0, 0.1) is 0 Å². The molecule has 0 aliphatic heterocycles. The van der Waals surface area contributed by atoms with E-state index in [0.717, 1.165) is 19.2 Å². The predicted octanol–water partition coefficient (Wildman–Crippen LogP) is 1.90. The van der Waals surface area contributed by atoms with Crippen molar-refractivity contribution in [2.24, 2.45) is 0 Å². The van der Waals surface area contributed by atoms with Crippen LogP contribution < -0.4 is 10.6 Å². The maximum atomic E-state index is 12.6. The van der Waals surface area contributed by atoms with Crippen molar-refractivity contribution in [2.75, 3.05) is 44.4 Å². The average Bonchev–Trinajstić information content (AvgIpc) is 2.37. The number of anilines is 2. The van der Waals surface area contributed by atoms with E-state index in [1.165, 1.54) is 7.05 Å². The summed E-state index contributed by atoms with van der Waals surface area (Å²) in [5.41, 5.74) is -0.960. The van der Waals surface area contributed by atoms with Gasteiger partial charge in [0.1, 0.15) is 5.82 Å². The van der Waals surface area contributed by atoms with Gasteiger partial charge in [0.15, 0.2) is 5.69 Å². The fourth-order valence-electron chi connectivity index (χ4n) is 1.33. The molecule has 1 aromatic heterocycles. The van der Waals surface area contributed by atoms with Crippen molar-refractivity contribution in [3.05, 3.63) is 11.8 Å². The highest BCUT2D eigenvalue weighted by Crippen LogP contribution is 2.29. The van der Waals surface area contributed by atoms with Gasteiger partial charge in [-0.05, 0) is 13.6 Å². The van der Waals surface area contributed by atoms with Crippen LogP contribution in [0.2, 0.25) is 0 Å². The Morgan fingerprint density at radius 3 is 2.53 bits per heavy atom. The molecule has 2 N–H and O–H groups in total. The van der Waals surface area contributed by atoms with Gasteiger partial charge < -0.3 is 15.5 Å². The lowest BCUT2D eigenvalue weighted by Gasteiger charge is -2.15. The minimum Gasteiger partial charge on any atom is -0.369 e. The van der Waals surface area contributed by atoms with E-state index in [1.54, 1.807) is 0 Å². The Morgan fingerprint density at radius 1 is 1.32 bits per heavy atom. The molecule has 0 bridgehead atoms. The molecule has 1 aromatic rings. The summed E-state index contributed by atoms with van der Waals surface area (Å²) in [5.74, 6) is 0.109. The van der Waals surface area contributed by atoms with Crippen LogP contribution in [-0.2, 0) is 6.18 Å². The summed E-state index contributed by atoms with van der Waals surface area (Å²) in [4.78, 5) is 9.36. The molecule has 0 fully saturated rings. The quantitative estimate of drug-likeness (QED) is 0.832. The molecule has 0 aromatic carbocycles. The van der Waals surface area contributed by atoms with Crippen molar-refractivity contribution in [1.82, 2.24) is 14.9 Å². The van der Waals surface area contributed by atoms with E-state index in [1.807, 2.05) is 18.9 Å². The third kappa shape index (κ3) is 4.90. The number of likely N-dealkylation sites (N-methyl/N-ethyl adjacent to an activating group) is 1. The number of hydrogen-bond acceptors (Lipinski definition) is 5. The zero-order chi connectivity index (χ0) is 14.5. The summed E-state index contributed by atoms with van der Waals surface area (Å²) in [6, 6.07) is 0.910. The van der Waals surface area contributed by atoms with Crippen molar-refractivity contribution < 1.29 is 13.2 Å². The summed E-state index contributed by atoms with van der Waals surface area (Å²) in [6.45, 7) is 4.12. The van der Waals surface area contributed by atoms with Gasteiger partial charge in [-0.15, -0.1) is 0 Å². The zero-order valence-corrected chi connectivity index (χ0v) is 11.2. The summed E-state index contributed by atoms with van der Waals surface area (Å²) in [6.07, 6.45) is -4.48. The molecule has 1 rings (SSSR count). The van der Waals surface area contributed by atoms with Crippen LogP contribution in [0.15, 0.2) is 6.07 Å². The van der Waals surface area contributed by atoms with E-state index < -0.39 is 11.9 Å². The first-order valence-electron chi connectivity index (χ1n) is 5.93. The second-order valence-electron chi connectivity index (χ2n) is 4.03. The van der Waals surface area contributed by atoms with Crippen LogP contribution in [0.4, 0.5) is 24.9 Å². The van der Waals surface area contributed by atoms with Crippen LogP contribution in [-0.4, -0.2) is 48.6 Å². The predicted molar refractivity (Wildman–Crippen MR) is 68.2 cm³/mol. The van der Waals surface area contributed by atoms with E-state index in [0.29, 0.717) is 6.54 Å². The number of nitrogens with zero attached hydrogens (tertiary/aromatic N) is 3. The normalized spacial score (nSPS) is 11.7. The highest BCUT2D eigenvalue weighted by Gasteiger charge is 2.33. The Bertz CT molecular complexity index is 408. The van der Waals surface area contributed by atoms with E-state index in [9.17, 15) is 13.2 Å². The monoisotopic (exact) mass is 277 g/mol. The molecule has 0 atom stereocenters. The van der Waals surface area contributed by atoms with Gasteiger partial charge in [-0.2, -0.15) is 18.2 Å². The molecular weight excluding hydrogens is 259 g/mol. The summed E-state index contributed by atoms with van der Waals surface area (Å²) in [7, 11) is 3.41. The lowest BCUT2D eigenvalue weighted by atomic mass is 10.3. The molecule has 0 amide bonds. The third-order valence-corrected chi connectivity index (χ3v) is 2.58. The molecule has 0 aliphatic rings. The van der Waals surface area contributed by atoms with Gasteiger partial charge in [0.25, 0.3) is 0 Å². The highest BCUT2D eigenvalue weighted by atomic mass is 19.4. The molecule has 8 heteroatoms. The van der Waals surface area contributed by atoms with E-state index in [4.69, 9.17) is 0 Å². The Kier molecular flexibility index (Phi) is 5.34. The fraction of sp³-hybridized carbons (Fsp3) is 0.636. The van der Waals surface area contributed by atoms with Gasteiger partial charge in [-0.1, -0.05) is 6.92 Å². The number of rotatable bonds is 6. The van der Waals surface area contributed by atoms with E-state index in [-0.39, 0.29) is 11.8 Å². The second kappa shape index (κ2) is 6.55. The first-order chi connectivity index (χ1) is 8.86. The maximum absolute atomic E-state index is 12.6. The molecule has 1 heterocycles. The molecule has 0 aliphatic carbocycles. The molecule has 0 radical (unpaired) electrons. The van der Waals surface area contributed by atoms with Crippen LogP contribution in [0.3, 0.4) is 0 Å². The first-order valence-corrected chi connectivity index (χ1v) is 5.93. The Labute approximate surface area is 110 Å². The fourth-order valence-corrected chi connectivity index (χ4v) is 1.33.